The summed E-state index contributed by atoms with van der Waals surface area (Å²) < 4.78 is 30.9. The van der Waals surface area contributed by atoms with E-state index in [1.54, 1.807) is 18.8 Å². The molecule has 0 unspecified atom stereocenters. The number of thiophene rings is 1. The molecular formula is C23H29N7O2S2. The highest BCUT2D eigenvalue weighted by atomic mass is 32.2. The molecule has 1 N–H and O–H groups in total. The van der Waals surface area contributed by atoms with Gasteiger partial charge in [-0.3, -0.25) is 9.08 Å². The van der Waals surface area contributed by atoms with Crippen molar-refractivity contribution in [3.8, 4) is 11.3 Å². The monoisotopic (exact) mass is 499 g/mol. The third kappa shape index (κ3) is 4.12. The Labute approximate surface area is 203 Å². The SMILES string of the molecule is Cc1cc(Nc2nc(C3CCCCC3)cn3c(-c4cnn(C)c4)cnc23)sc1S(=O)(=O)N(C)C. The molecule has 0 amide bonds. The van der Waals surface area contributed by atoms with Crippen molar-refractivity contribution in [2.45, 2.75) is 49.2 Å². The molecule has 1 aliphatic rings. The summed E-state index contributed by atoms with van der Waals surface area (Å²) >= 11 is 1.22. The Balaban J connectivity index is 1.61. The van der Waals surface area contributed by atoms with Crippen molar-refractivity contribution in [1.82, 2.24) is 28.5 Å². The summed E-state index contributed by atoms with van der Waals surface area (Å²) in [5, 5.41) is 8.43. The molecule has 0 radical (unpaired) electrons. The molecule has 4 heterocycles. The third-order valence-corrected chi connectivity index (χ3v) is 9.94. The maximum Gasteiger partial charge on any atom is 0.252 e. The second-order valence-corrected chi connectivity index (χ2v) is 12.5. The van der Waals surface area contributed by atoms with Gasteiger partial charge >= 0.3 is 0 Å². The number of rotatable bonds is 6. The zero-order chi connectivity index (χ0) is 24.0. The molecule has 4 aromatic heterocycles. The van der Waals surface area contributed by atoms with Gasteiger partial charge in [-0.15, -0.1) is 11.3 Å². The molecule has 0 atom stereocenters. The van der Waals surface area contributed by atoms with E-state index in [1.165, 1.54) is 34.9 Å². The topological polar surface area (TPSA) is 97.4 Å². The lowest BCUT2D eigenvalue weighted by atomic mass is 9.87. The fourth-order valence-electron chi connectivity index (χ4n) is 4.52. The van der Waals surface area contributed by atoms with Crippen LogP contribution in [0.4, 0.5) is 10.8 Å². The van der Waals surface area contributed by atoms with Crippen LogP contribution in [0.2, 0.25) is 0 Å². The quantitative estimate of drug-likeness (QED) is 0.418. The van der Waals surface area contributed by atoms with Gasteiger partial charge in [0.2, 0.25) is 0 Å². The minimum Gasteiger partial charge on any atom is -0.329 e. The lowest BCUT2D eigenvalue weighted by Gasteiger charge is -2.22. The van der Waals surface area contributed by atoms with Gasteiger partial charge in [-0.1, -0.05) is 19.3 Å². The van der Waals surface area contributed by atoms with Crippen LogP contribution in [0, 0.1) is 6.92 Å². The van der Waals surface area contributed by atoms with E-state index < -0.39 is 10.0 Å². The first-order valence-electron chi connectivity index (χ1n) is 11.4. The van der Waals surface area contributed by atoms with Crippen LogP contribution in [0.5, 0.6) is 0 Å². The fourth-order valence-corrected chi connectivity index (χ4v) is 7.26. The standard InChI is InChI=1S/C23H29N7O2S2/c1-15-10-20(33-23(15)34(31,32)28(2)3)27-21-22-24-12-19(17-11-25-29(4)13-17)30(22)14-18(26-21)16-8-6-5-7-9-16/h10-14,16H,5-9H2,1-4H3,(H,26,27). The first-order chi connectivity index (χ1) is 16.2. The van der Waals surface area contributed by atoms with Crippen molar-refractivity contribution in [3.63, 3.8) is 0 Å². The molecule has 9 nitrogen and oxygen atoms in total. The van der Waals surface area contributed by atoms with Crippen LogP contribution in [0.1, 0.15) is 49.3 Å². The number of fused-ring (bicyclic) bond motifs is 1. The Kier molecular flexibility index (Phi) is 5.95. The molecule has 0 aromatic carbocycles. The van der Waals surface area contributed by atoms with Gasteiger partial charge in [0, 0.05) is 45.0 Å². The predicted octanol–water partition coefficient (Wildman–Crippen LogP) is 4.54. The summed E-state index contributed by atoms with van der Waals surface area (Å²) in [5.41, 5.74) is 4.37. The Morgan fingerprint density at radius 3 is 2.59 bits per heavy atom. The second-order valence-electron chi connectivity index (χ2n) is 9.08. The van der Waals surface area contributed by atoms with E-state index in [0.29, 0.717) is 27.2 Å². The predicted molar refractivity (Wildman–Crippen MR) is 134 cm³/mol. The van der Waals surface area contributed by atoms with Crippen molar-refractivity contribution in [1.29, 1.82) is 0 Å². The van der Waals surface area contributed by atoms with Crippen LogP contribution in [0.3, 0.4) is 0 Å². The van der Waals surface area contributed by atoms with Crippen LogP contribution < -0.4 is 5.32 Å². The van der Waals surface area contributed by atoms with E-state index >= 15 is 0 Å². The number of hydrogen-bond donors (Lipinski definition) is 1. The largest absolute Gasteiger partial charge is 0.329 e. The average Bonchev–Trinajstić information content (AvgIpc) is 3.52. The van der Waals surface area contributed by atoms with E-state index in [4.69, 9.17) is 4.98 Å². The van der Waals surface area contributed by atoms with Gasteiger partial charge in [-0.25, -0.2) is 22.7 Å². The summed E-state index contributed by atoms with van der Waals surface area (Å²) in [4.78, 5) is 9.67. The van der Waals surface area contributed by atoms with E-state index in [1.807, 2.05) is 38.6 Å². The van der Waals surface area contributed by atoms with Gasteiger partial charge in [0.25, 0.3) is 10.0 Å². The van der Waals surface area contributed by atoms with E-state index in [9.17, 15) is 8.42 Å². The van der Waals surface area contributed by atoms with Gasteiger partial charge in [0.15, 0.2) is 11.5 Å². The molecule has 1 fully saturated rings. The number of sulfonamides is 1. The Morgan fingerprint density at radius 2 is 1.91 bits per heavy atom. The molecule has 0 spiro atoms. The van der Waals surface area contributed by atoms with Crippen LogP contribution in [-0.4, -0.2) is 51.0 Å². The van der Waals surface area contributed by atoms with Crippen molar-refractivity contribution in [2.75, 3.05) is 19.4 Å². The smallest absolute Gasteiger partial charge is 0.252 e. The number of nitrogens with one attached hydrogen (secondary N) is 1. The van der Waals surface area contributed by atoms with Crippen LogP contribution in [0.25, 0.3) is 16.9 Å². The molecular weight excluding hydrogens is 470 g/mol. The molecule has 0 bridgehead atoms. The molecule has 0 aliphatic heterocycles. The number of nitrogens with zero attached hydrogens (tertiary/aromatic N) is 6. The number of hydrogen-bond acceptors (Lipinski definition) is 7. The molecule has 34 heavy (non-hydrogen) atoms. The number of imidazole rings is 1. The maximum atomic E-state index is 12.7. The normalized spacial score (nSPS) is 15.4. The molecule has 1 saturated carbocycles. The summed E-state index contributed by atoms with van der Waals surface area (Å²) in [5.74, 6) is 1.03. The highest BCUT2D eigenvalue weighted by molar-refractivity contribution is 7.91. The number of anilines is 2. The average molecular weight is 500 g/mol. The molecule has 4 aromatic rings. The molecule has 1 aliphatic carbocycles. The van der Waals surface area contributed by atoms with Crippen LogP contribution in [0.15, 0.2) is 35.1 Å². The minimum absolute atomic E-state index is 0.332. The van der Waals surface area contributed by atoms with E-state index in [0.717, 1.165) is 34.8 Å². The van der Waals surface area contributed by atoms with Gasteiger partial charge in [0.1, 0.15) is 4.21 Å². The van der Waals surface area contributed by atoms with E-state index in [2.05, 4.69) is 26.0 Å². The van der Waals surface area contributed by atoms with E-state index in [-0.39, 0.29) is 0 Å². The first kappa shape index (κ1) is 23.0. The molecule has 5 rings (SSSR count). The number of aromatic nitrogens is 5. The number of aryl methyl sites for hydroxylation is 2. The van der Waals surface area contributed by atoms with Crippen molar-refractivity contribution in [2.24, 2.45) is 7.05 Å². The fraction of sp³-hybridized carbons (Fsp3) is 0.435. The lowest BCUT2D eigenvalue weighted by Crippen LogP contribution is -2.21. The Bertz CT molecular complexity index is 1440. The highest BCUT2D eigenvalue weighted by Gasteiger charge is 2.25. The van der Waals surface area contributed by atoms with Crippen molar-refractivity contribution in [3.05, 3.63) is 42.1 Å². The third-order valence-electron chi connectivity index (χ3n) is 6.36. The first-order valence-corrected chi connectivity index (χ1v) is 13.7. The summed E-state index contributed by atoms with van der Waals surface area (Å²) in [6, 6.07) is 1.86. The Hall–Kier alpha value is -2.76. The summed E-state index contributed by atoms with van der Waals surface area (Å²) in [6.07, 6.45) is 13.7. The zero-order valence-electron chi connectivity index (χ0n) is 19.8. The van der Waals surface area contributed by atoms with Crippen molar-refractivity contribution >= 4 is 37.8 Å². The highest BCUT2D eigenvalue weighted by Crippen LogP contribution is 2.37. The summed E-state index contributed by atoms with van der Waals surface area (Å²) in [6.45, 7) is 1.82. The lowest BCUT2D eigenvalue weighted by molar-refractivity contribution is 0.436. The second kappa shape index (κ2) is 8.79. The molecule has 11 heteroatoms. The van der Waals surface area contributed by atoms with Crippen LogP contribution in [-0.2, 0) is 17.1 Å². The maximum absolute atomic E-state index is 12.7. The zero-order valence-corrected chi connectivity index (χ0v) is 21.4. The molecule has 180 valence electrons. The Morgan fingerprint density at radius 1 is 1.15 bits per heavy atom. The van der Waals surface area contributed by atoms with Gasteiger partial charge < -0.3 is 5.32 Å². The summed E-state index contributed by atoms with van der Waals surface area (Å²) in [7, 11) is 1.47. The van der Waals surface area contributed by atoms with Gasteiger partial charge in [0.05, 0.1) is 28.8 Å². The van der Waals surface area contributed by atoms with Gasteiger partial charge in [-0.2, -0.15) is 5.10 Å². The van der Waals surface area contributed by atoms with Gasteiger partial charge in [-0.05, 0) is 31.4 Å². The molecule has 0 saturated heterocycles. The minimum atomic E-state index is -3.52. The van der Waals surface area contributed by atoms with Crippen LogP contribution >= 0.6 is 11.3 Å². The van der Waals surface area contributed by atoms with Crippen molar-refractivity contribution < 1.29 is 8.42 Å².